The summed E-state index contributed by atoms with van der Waals surface area (Å²) in [4.78, 5) is 22.9. The molecule has 2 atom stereocenters. The Morgan fingerprint density at radius 2 is 0.958 bits per heavy atom. The van der Waals surface area contributed by atoms with Crippen molar-refractivity contribution in [2.45, 2.75) is 104 Å². The third kappa shape index (κ3) is 12.4. The number of hydrogen-bond acceptors (Lipinski definition) is 2. The van der Waals surface area contributed by atoms with Crippen LogP contribution in [0.1, 0.15) is 104 Å². The van der Waals surface area contributed by atoms with Crippen molar-refractivity contribution >= 4 is 11.9 Å². The van der Waals surface area contributed by atoms with Gasteiger partial charge in [0.1, 0.15) is 0 Å². The maximum atomic E-state index is 11.4. The topological polar surface area (TPSA) is 74.6 Å². The van der Waals surface area contributed by atoms with Gasteiger partial charge < -0.3 is 10.2 Å². The molecule has 0 radical (unpaired) electrons. The van der Waals surface area contributed by atoms with Crippen LogP contribution in [0.15, 0.2) is 0 Å². The van der Waals surface area contributed by atoms with E-state index in [0.717, 1.165) is 38.5 Å². The summed E-state index contributed by atoms with van der Waals surface area (Å²) >= 11 is 0. The molecule has 0 aliphatic carbocycles. The van der Waals surface area contributed by atoms with Gasteiger partial charge in [-0.3, -0.25) is 9.59 Å². The average Bonchev–Trinajstić information content (AvgIpc) is 2.54. The molecule has 2 N–H and O–H groups in total. The van der Waals surface area contributed by atoms with E-state index >= 15 is 0 Å². The average molecular weight is 343 g/mol. The second-order valence-electron chi connectivity index (χ2n) is 7.07. The lowest BCUT2D eigenvalue weighted by atomic mass is 9.87. The summed E-state index contributed by atoms with van der Waals surface area (Å²) in [5.41, 5.74) is 0. The highest BCUT2D eigenvalue weighted by Crippen LogP contribution is 2.24. The number of aliphatic carboxylic acids is 2. The number of carboxylic acid groups (broad SMARTS) is 2. The lowest BCUT2D eigenvalue weighted by Crippen LogP contribution is -2.23. The number of hydrogen-bond donors (Lipinski definition) is 2. The van der Waals surface area contributed by atoms with E-state index in [1.165, 1.54) is 32.1 Å². The summed E-state index contributed by atoms with van der Waals surface area (Å²) < 4.78 is 0. The number of carboxylic acids is 2. The molecule has 2 unspecified atom stereocenters. The van der Waals surface area contributed by atoms with Gasteiger partial charge in [-0.05, 0) is 19.3 Å². The molecule has 0 aromatic rings. The van der Waals surface area contributed by atoms with Crippen molar-refractivity contribution in [2.24, 2.45) is 11.8 Å². The Morgan fingerprint density at radius 1 is 0.625 bits per heavy atom. The van der Waals surface area contributed by atoms with Gasteiger partial charge >= 0.3 is 11.9 Å². The highest BCUT2D eigenvalue weighted by atomic mass is 16.4. The smallest absolute Gasteiger partial charge is 0.306 e. The van der Waals surface area contributed by atoms with Crippen LogP contribution >= 0.6 is 0 Å². The molecule has 0 spiro atoms. The van der Waals surface area contributed by atoms with E-state index in [1.807, 2.05) is 0 Å². The van der Waals surface area contributed by atoms with Crippen LogP contribution in [0.3, 0.4) is 0 Å². The fraction of sp³-hybridized carbons (Fsp3) is 0.900. The lowest BCUT2D eigenvalue weighted by Gasteiger charge is -2.18. The van der Waals surface area contributed by atoms with Crippen molar-refractivity contribution in [3.8, 4) is 0 Å². The molecule has 142 valence electrons. The molecule has 0 aromatic heterocycles. The Balaban J connectivity index is 4.16. The molecule has 0 saturated heterocycles. The highest BCUT2D eigenvalue weighted by molar-refractivity contribution is 5.73. The Morgan fingerprint density at radius 3 is 1.29 bits per heavy atom. The molecule has 0 bridgehead atoms. The number of unbranched alkanes of at least 4 members (excludes halogenated alkanes) is 9. The van der Waals surface area contributed by atoms with Crippen LogP contribution in [0.5, 0.6) is 0 Å². The van der Waals surface area contributed by atoms with Gasteiger partial charge in [0, 0.05) is 0 Å². The second kappa shape index (κ2) is 15.5. The predicted octanol–water partition coefficient (Wildman–Crippen LogP) is 5.89. The van der Waals surface area contributed by atoms with Crippen molar-refractivity contribution in [3.05, 3.63) is 0 Å². The van der Waals surface area contributed by atoms with Gasteiger partial charge in [-0.2, -0.15) is 0 Å². The Labute approximate surface area is 148 Å². The normalized spacial score (nSPS) is 13.6. The van der Waals surface area contributed by atoms with Gasteiger partial charge in [-0.25, -0.2) is 0 Å². The number of carbonyl (C=O) groups is 2. The Bertz CT molecular complexity index is 328. The Kier molecular flexibility index (Phi) is 14.8. The molecular weight excluding hydrogens is 304 g/mol. The molecular formula is C20H38O4. The zero-order valence-electron chi connectivity index (χ0n) is 15.8. The minimum Gasteiger partial charge on any atom is -0.481 e. The first-order valence-electron chi connectivity index (χ1n) is 9.98. The maximum absolute atomic E-state index is 11.4. The molecule has 0 heterocycles. The standard InChI is InChI=1S/C20H38O4/c1-3-5-7-9-11-13-15-18(20(23)24)16-17(19(21)22)14-12-10-8-6-4-2/h17-18H,3-16H2,1-2H3,(H,21,22)(H,23,24). The summed E-state index contributed by atoms with van der Waals surface area (Å²) in [5.74, 6) is -2.68. The van der Waals surface area contributed by atoms with Crippen molar-refractivity contribution in [1.29, 1.82) is 0 Å². The van der Waals surface area contributed by atoms with Crippen LogP contribution in [0.4, 0.5) is 0 Å². The molecule has 4 nitrogen and oxygen atoms in total. The predicted molar refractivity (Wildman–Crippen MR) is 98.2 cm³/mol. The quantitative estimate of drug-likeness (QED) is 0.323. The molecule has 0 aliphatic rings. The number of rotatable bonds is 17. The summed E-state index contributed by atoms with van der Waals surface area (Å²) in [6.07, 6.45) is 13.7. The summed E-state index contributed by atoms with van der Waals surface area (Å²) in [6, 6.07) is 0. The zero-order chi connectivity index (χ0) is 18.2. The highest BCUT2D eigenvalue weighted by Gasteiger charge is 2.26. The fourth-order valence-corrected chi connectivity index (χ4v) is 3.19. The van der Waals surface area contributed by atoms with Gasteiger partial charge in [0.05, 0.1) is 11.8 Å². The largest absolute Gasteiger partial charge is 0.481 e. The van der Waals surface area contributed by atoms with Gasteiger partial charge in [-0.1, -0.05) is 84.5 Å². The first-order chi connectivity index (χ1) is 11.5. The summed E-state index contributed by atoms with van der Waals surface area (Å²) in [6.45, 7) is 4.33. The van der Waals surface area contributed by atoms with Crippen LogP contribution in [0.25, 0.3) is 0 Å². The van der Waals surface area contributed by atoms with Gasteiger partial charge in [-0.15, -0.1) is 0 Å². The van der Waals surface area contributed by atoms with Gasteiger partial charge in [0.2, 0.25) is 0 Å². The monoisotopic (exact) mass is 342 g/mol. The third-order valence-corrected chi connectivity index (χ3v) is 4.83. The lowest BCUT2D eigenvalue weighted by molar-refractivity contribution is -0.146. The van der Waals surface area contributed by atoms with Crippen molar-refractivity contribution in [3.63, 3.8) is 0 Å². The molecule has 0 aromatic carbocycles. The van der Waals surface area contributed by atoms with Crippen LogP contribution in [-0.4, -0.2) is 22.2 Å². The van der Waals surface area contributed by atoms with Crippen LogP contribution in [0.2, 0.25) is 0 Å². The van der Waals surface area contributed by atoms with Crippen molar-refractivity contribution in [1.82, 2.24) is 0 Å². The minimum absolute atomic E-state index is 0.285. The molecule has 24 heavy (non-hydrogen) atoms. The van der Waals surface area contributed by atoms with Crippen LogP contribution in [-0.2, 0) is 9.59 Å². The molecule has 0 rings (SSSR count). The van der Waals surface area contributed by atoms with E-state index in [9.17, 15) is 19.8 Å². The van der Waals surface area contributed by atoms with E-state index in [1.54, 1.807) is 0 Å². The Hall–Kier alpha value is -1.06. The fourth-order valence-electron chi connectivity index (χ4n) is 3.19. The molecule has 0 saturated carbocycles. The van der Waals surface area contributed by atoms with Crippen molar-refractivity contribution in [2.75, 3.05) is 0 Å². The third-order valence-electron chi connectivity index (χ3n) is 4.83. The molecule has 0 aliphatic heterocycles. The van der Waals surface area contributed by atoms with E-state index in [2.05, 4.69) is 13.8 Å². The van der Waals surface area contributed by atoms with Gasteiger partial charge in [0.25, 0.3) is 0 Å². The van der Waals surface area contributed by atoms with E-state index in [4.69, 9.17) is 0 Å². The maximum Gasteiger partial charge on any atom is 0.306 e. The minimum atomic E-state index is -0.834. The first kappa shape index (κ1) is 22.9. The second-order valence-corrected chi connectivity index (χ2v) is 7.07. The zero-order valence-corrected chi connectivity index (χ0v) is 15.8. The van der Waals surface area contributed by atoms with Crippen molar-refractivity contribution < 1.29 is 19.8 Å². The first-order valence-corrected chi connectivity index (χ1v) is 9.98. The van der Waals surface area contributed by atoms with E-state index in [0.29, 0.717) is 12.8 Å². The van der Waals surface area contributed by atoms with Gasteiger partial charge in [0.15, 0.2) is 0 Å². The molecule has 0 amide bonds. The van der Waals surface area contributed by atoms with Crippen LogP contribution < -0.4 is 0 Å². The SMILES string of the molecule is CCCCCCCCC(CC(CCCCCCC)C(=O)O)C(=O)O. The molecule has 0 fully saturated rings. The summed E-state index contributed by atoms with van der Waals surface area (Å²) in [5, 5.41) is 18.8. The van der Waals surface area contributed by atoms with E-state index in [-0.39, 0.29) is 6.42 Å². The molecule has 4 heteroatoms. The van der Waals surface area contributed by atoms with Crippen LogP contribution in [0, 0.1) is 11.8 Å². The van der Waals surface area contributed by atoms with E-state index < -0.39 is 23.8 Å². The summed E-state index contributed by atoms with van der Waals surface area (Å²) in [7, 11) is 0.